The number of hydrogen-bond acceptors (Lipinski definition) is 13. The third kappa shape index (κ3) is 17.5. The lowest BCUT2D eigenvalue weighted by atomic mass is 9.92. The molecule has 0 saturated heterocycles. The standard InChI is InChI=1S/C46H30N4.C45H29N5.C42H26N4/c1-3-11-34(12-4-1)42-29-43(50-46(49-42)36-13-5-2-6-14-36)35-26-22-32(23-27-35)31-20-24-33(25-21-31)38-17-9-18-40-44(38)39-16-7-8-19-41(39)48-45(40)37-15-10-28-47-30-37;1-2-13-39-37(10-1)44-36(11-7-12-38(44)45(50-39)34-9-8-24-46-29-34)33-22-20-31(21-23-33)30-16-18-32(19-17-30)35-27-42(40-14-3-5-25-47-40)49-43(28-35)41-15-4-6-26-48-41;1-2-8-28(9-3-1)36-23-21-30-19-20-31-22-24-37(45-42(31)41(30)44-36)29-17-15-27(16-18-29)33-12-6-13-35-39(33)34-11-4-5-14-38(34)46-40(35)32-10-7-25-43-26-32/h1-30H;1-29H;1-26H. The van der Waals surface area contributed by atoms with Crippen LogP contribution in [0, 0.1) is 0 Å². The predicted molar refractivity (Wildman–Crippen MR) is 598 cm³/mol. The van der Waals surface area contributed by atoms with Gasteiger partial charge < -0.3 is 0 Å². The third-order valence-corrected chi connectivity index (χ3v) is 27.0. The van der Waals surface area contributed by atoms with Gasteiger partial charge in [0.05, 0.1) is 90.2 Å². The lowest BCUT2D eigenvalue weighted by Gasteiger charge is -2.14. The Balaban J connectivity index is 0.000000114. The first-order valence-corrected chi connectivity index (χ1v) is 48.7. The molecule has 0 saturated carbocycles. The first-order valence-electron chi connectivity index (χ1n) is 48.7. The number of benzene rings is 15. The number of nitrogens with zero attached hydrogens (tertiary/aromatic N) is 13. The molecule has 0 bridgehead atoms. The zero-order valence-electron chi connectivity index (χ0n) is 78.9. The van der Waals surface area contributed by atoms with E-state index in [4.69, 9.17) is 39.9 Å². The zero-order valence-corrected chi connectivity index (χ0v) is 78.9. The smallest absolute Gasteiger partial charge is 0.160 e. The van der Waals surface area contributed by atoms with Crippen LogP contribution in [-0.4, -0.2) is 64.8 Å². The molecule has 0 aliphatic heterocycles. The molecule has 0 unspecified atom stereocenters. The summed E-state index contributed by atoms with van der Waals surface area (Å²) in [6.07, 6.45) is 14.6. The molecule has 146 heavy (non-hydrogen) atoms. The van der Waals surface area contributed by atoms with E-state index in [9.17, 15) is 0 Å². The molecule has 13 heteroatoms. The van der Waals surface area contributed by atoms with E-state index in [0.29, 0.717) is 5.82 Å². The minimum Gasteiger partial charge on any atom is -0.264 e. The van der Waals surface area contributed by atoms with Crippen molar-refractivity contribution < 1.29 is 0 Å². The summed E-state index contributed by atoms with van der Waals surface area (Å²) in [7, 11) is 0. The van der Waals surface area contributed by atoms with E-state index in [1.165, 1.54) is 32.8 Å². The summed E-state index contributed by atoms with van der Waals surface area (Å²) in [6, 6.07) is 162. The lowest BCUT2D eigenvalue weighted by molar-refractivity contribution is 1.18. The van der Waals surface area contributed by atoms with E-state index in [0.717, 1.165) is 228 Å². The Morgan fingerprint density at radius 3 is 0.795 bits per heavy atom. The highest BCUT2D eigenvalue weighted by atomic mass is 14.9. The zero-order chi connectivity index (χ0) is 97.0. The second-order valence-corrected chi connectivity index (χ2v) is 35.9. The molecule has 0 spiro atoms. The number of para-hydroxylation sites is 3. The first-order chi connectivity index (χ1) is 72.4. The summed E-state index contributed by atoms with van der Waals surface area (Å²) < 4.78 is 0. The minimum atomic E-state index is 0.714. The fourth-order valence-corrected chi connectivity index (χ4v) is 19.8. The van der Waals surface area contributed by atoms with Crippen molar-refractivity contribution in [3.05, 3.63) is 517 Å². The van der Waals surface area contributed by atoms with Gasteiger partial charge in [-0.05, 0) is 176 Å². The van der Waals surface area contributed by atoms with Crippen LogP contribution in [0.5, 0.6) is 0 Å². The second kappa shape index (κ2) is 39.1. The Morgan fingerprint density at radius 1 is 0.144 bits per heavy atom. The molecule has 0 atom stereocenters. The maximum Gasteiger partial charge on any atom is 0.160 e. The minimum absolute atomic E-state index is 0.714. The molecule has 12 aromatic heterocycles. The van der Waals surface area contributed by atoms with Crippen LogP contribution in [0.25, 0.3) is 267 Å². The van der Waals surface area contributed by atoms with Gasteiger partial charge >= 0.3 is 0 Å². The fraction of sp³-hybridized carbons (Fsp3) is 0. The van der Waals surface area contributed by atoms with E-state index in [1.54, 1.807) is 31.0 Å². The van der Waals surface area contributed by atoms with Gasteiger partial charge in [0.1, 0.15) is 0 Å². The van der Waals surface area contributed by atoms with Gasteiger partial charge in [0.2, 0.25) is 0 Å². The molecule has 0 aliphatic rings. The van der Waals surface area contributed by atoms with E-state index in [-0.39, 0.29) is 0 Å². The van der Waals surface area contributed by atoms with Crippen LogP contribution >= 0.6 is 0 Å². The van der Waals surface area contributed by atoms with Crippen LogP contribution in [0.1, 0.15) is 0 Å². The molecule has 0 aliphatic carbocycles. The van der Waals surface area contributed by atoms with Gasteiger partial charge in [0, 0.05) is 153 Å². The van der Waals surface area contributed by atoms with Gasteiger partial charge in [-0.15, -0.1) is 0 Å². The van der Waals surface area contributed by atoms with Gasteiger partial charge in [0.15, 0.2) is 5.82 Å². The largest absolute Gasteiger partial charge is 0.264 e. The van der Waals surface area contributed by atoms with Crippen molar-refractivity contribution in [2.24, 2.45) is 0 Å². The molecule has 13 nitrogen and oxygen atoms in total. The Kier molecular flexibility index (Phi) is 23.4. The maximum absolute atomic E-state index is 5.17. The van der Waals surface area contributed by atoms with Crippen molar-refractivity contribution in [1.82, 2.24) is 64.8 Å². The molecule has 0 amide bonds. The molecule has 0 radical (unpaired) electrons. The molecule has 12 heterocycles. The van der Waals surface area contributed by atoms with Crippen molar-refractivity contribution in [1.29, 1.82) is 0 Å². The van der Waals surface area contributed by atoms with Crippen molar-refractivity contribution in [2.45, 2.75) is 0 Å². The first kappa shape index (κ1) is 87.6. The van der Waals surface area contributed by atoms with Crippen LogP contribution in [0.15, 0.2) is 517 Å². The fourth-order valence-electron chi connectivity index (χ4n) is 19.8. The summed E-state index contributed by atoms with van der Waals surface area (Å²) >= 11 is 0. The normalized spacial score (nSPS) is 11.3. The van der Waals surface area contributed by atoms with Crippen LogP contribution < -0.4 is 0 Å². The van der Waals surface area contributed by atoms with E-state index in [2.05, 4.69) is 365 Å². The van der Waals surface area contributed by atoms with Crippen molar-refractivity contribution >= 4 is 86.8 Å². The number of rotatable bonds is 16. The highest BCUT2D eigenvalue weighted by molar-refractivity contribution is 6.20. The molecular formula is C133H85N13. The number of fused-ring (bicyclic) bond motifs is 12. The van der Waals surface area contributed by atoms with Crippen LogP contribution in [0.3, 0.4) is 0 Å². The van der Waals surface area contributed by atoms with Crippen LogP contribution in [0.4, 0.5) is 0 Å². The topological polar surface area (TPSA) is 168 Å². The van der Waals surface area contributed by atoms with E-state index in [1.807, 2.05) is 146 Å². The van der Waals surface area contributed by atoms with E-state index >= 15 is 0 Å². The molecular weight excluding hydrogens is 1780 g/mol. The van der Waals surface area contributed by atoms with E-state index < -0.39 is 0 Å². The average Bonchev–Trinajstić information content (AvgIpc) is 0.751. The molecule has 0 N–H and O–H groups in total. The molecule has 27 aromatic rings. The molecule has 0 fully saturated rings. The molecule has 27 rings (SSSR count). The molecule has 682 valence electrons. The highest BCUT2D eigenvalue weighted by Crippen LogP contribution is 2.45. The van der Waals surface area contributed by atoms with Gasteiger partial charge in [-0.2, -0.15) is 0 Å². The summed E-state index contributed by atoms with van der Waals surface area (Å²) in [5.74, 6) is 0.714. The average molecular weight is 1870 g/mol. The maximum atomic E-state index is 5.17. The van der Waals surface area contributed by atoms with Gasteiger partial charge in [-0.3, -0.25) is 24.9 Å². The number of pyridine rings is 11. The third-order valence-electron chi connectivity index (χ3n) is 27.0. The van der Waals surface area contributed by atoms with Crippen LogP contribution in [0.2, 0.25) is 0 Å². The second-order valence-electron chi connectivity index (χ2n) is 35.9. The van der Waals surface area contributed by atoms with Crippen molar-refractivity contribution in [2.75, 3.05) is 0 Å². The Bertz CT molecular complexity index is 9040. The summed E-state index contributed by atoms with van der Waals surface area (Å²) in [5.41, 5.74) is 36.5. The lowest BCUT2D eigenvalue weighted by Crippen LogP contribution is -1.95. The van der Waals surface area contributed by atoms with Gasteiger partial charge in [0.25, 0.3) is 0 Å². The van der Waals surface area contributed by atoms with Crippen LogP contribution in [-0.2, 0) is 0 Å². The van der Waals surface area contributed by atoms with Crippen molar-refractivity contribution in [3.8, 4) is 180 Å². The van der Waals surface area contributed by atoms with Gasteiger partial charge in [-0.1, -0.05) is 358 Å². The summed E-state index contributed by atoms with van der Waals surface area (Å²) in [6.45, 7) is 0. The molecule has 15 aromatic carbocycles. The Labute approximate surface area is 842 Å². The SMILES string of the molecule is c1ccc(-c2cc(-c3ccc(-c4ccc(-c5cccc6c(-c7cccnc7)nc7ccccc7c56)cc4)cc3)cc(-c3ccccn3)n2)nc1.c1ccc(-c2cc(-c3ccc(-c4ccc(-c5cccc6c(-c7cccnc7)nc7ccccc7c56)cc4)cc3)nc(-c3ccccc3)n2)cc1.c1ccc(-c2ccc3ccc4ccc(-c5ccc(-c6cccc7c(-c8cccnc8)nc8ccccc8c67)cc5)nc4c3n2)cc1. The quantitative estimate of drug-likeness (QED) is 0.0839. The monoisotopic (exact) mass is 1860 g/mol. The number of hydrogen-bond donors (Lipinski definition) is 0. The Morgan fingerprint density at radius 2 is 0.438 bits per heavy atom. The predicted octanol–water partition coefficient (Wildman–Crippen LogP) is 33.1. The van der Waals surface area contributed by atoms with Gasteiger partial charge in [-0.25, -0.2) is 39.9 Å². The highest BCUT2D eigenvalue weighted by Gasteiger charge is 2.23. The van der Waals surface area contributed by atoms with Crippen molar-refractivity contribution in [3.63, 3.8) is 0 Å². The number of aromatic nitrogens is 13. The summed E-state index contributed by atoms with van der Waals surface area (Å²) in [5, 5.41) is 12.5. The Hall–Kier alpha value is -19.9. The summed E-state index contributed by atoms with van der Waals surface area (Å²) in [4.78, 5) is 62.6.